The molecule has 1 aliphatic heterocycles. The molecule has 1 aromatic heterocycles. The normalized spacial score (nSPS) is 16.4. The van der Waals surface area contributed by atoms with Crippen LogP contribution in [0.5, 0.6) is 0 Å². The molecule has 7 heteroatoms. The van der Waals surface area contributed by atoms with Gasteiger partial charge in [0.25, 0.3) is 0 Å². The summed E-state index contributed by atoms with van der Waals surface area (Å²) < 4.78 is 28.0. The van der Waals surface area contributed by atoms with Gasteiger partial charge in [0.1, 0.15) is 17.5 Å². The second-order valence-electron chi connectivity index (χ2n) is 7.44. The van der Waals surface area contributed by atoms with Gasteiger partial charge in [0.15, 0.2) is 5.82 Å². The number of hydrogen-bond donors (Lipinski definition) is 2. The molecular formula is C19H23F2N5. The van der Waals surface area contributed by atoms with Crippen LogP contribution in [0.25, 0.3) is 0 Å². The lowest BCUT2D eigenvalue weighted by Crippen LogP contribution is -2.37. The van der Waals surface area contributed by atoms with Crippen molar-refractivity contribution < 1.29 is 8.78 Å². The second-order valence-corrected chi connectivity index (χ2v) is 7.44. The summed E-state index contributed by atoms with van der Waals surface area (Å²) in [6, 6.07) is 1.13. The number of halogens is 2. The largest absolute Gasteiger partial charge is 0.355 e. The van der Waals surface area contributed by atoms with Crippen molar-refractivity contribution in [3.05, 3.63) is 41.2 Å². The third-order valence-electron chi connectivity index (χ3n) is 4.97. The number of piperidine rings is 1. The van der Waals surface area contributed by atoms with Crippen molar-refractivity contribution in [3.8, 4) is 0 Å². The van der Waals surface area contributed by atoms with Crippen molar-refractivity contribution in [2.75, 3.05) is 23.3 Å². The molecule has 0 aliphatic carbocycles. The molecule has 0 amide bonds. The molecular weight excluding hydrogens is 336 g/mol. The number of anilines is 3. The van der Waals surface area contributed by atoms with Gasteiger partial charge in [-0.25, -0.2) is 18.7 Å². The minimum Gasteiger partial charge on any atom is -0.355 e. The van der Waals surface area contributed by atoms with Gasteiger partial charge in [-0.3, -0.25) is 0 Å². The Balaban J connectivity index is 1.78. The van der Waals surface area contributed by atoms with E-state index in [0.717, 1.165) is 44.0 Å². The van der Waals surface area contributed by atoms with E-state index in [1.54, 1.807) is 6.20 Å². The highest BCUT2D eigenvalue weighted by atomic mass is 19.1. The number of aromatic nitrogens is 2. The van der Waals surface area contributed by atoms with Gasteiger partial charge in [0.2, 0.25) is 0 Å². The Morgan fingerprint density at radius 3 is 2.46 bits per heavy atom. The van der Waals surface area contributed by atoms with Crippen LogP contribution in [0.3, 0.4) is 0 Å². The maximum Gasteiger partial charge on any atom is 0.153 e. The summed E-state index contributed by atoms with van der Waals surface area (Å²) in [6.07, 6.45) is 6.28. The predicted octanol–water partition coefficient (Wildman–Crippen LogP) is 4.43. The molecule has 0 radical (unpaired) electrons. The highest BCUT2D eigenvalue weighted by molar-refractivity contribution is 5.87. The van der Waals surface area contributed by atoms with Crippen LogP contribution in [0.2, 0.25) is 0 Å². The van der Waals surface area contributed by atoms with Crippen LogP contribution in [-0.4, -0.2) is 29.3 Å². The lowest BCUT2D eigenvalue weighted by atomic mass is 9.83. The summed E-state index contributed by atoms with van der Waals surface area (Å²) in [5.74, 6) is -0.276. The van der Waals surface area contributed by atoms with Crippen molar-refractivity contribution >= 4 is 23.5 Å². The first-order chi connectivity index (χ1) is 12.3. The first kappa shape index (κ1) is 18.2. The Hall–Kier alpha value is -2.57. The van der Waals surface area contributed by atoms with Gasteiger partial charge in [-0.1, -0.05) is 13.8 Å². The van der Waals surface area contributed by atoms with E-state index in [1.165, 1.54) is 13.1 Å². The fourth-order valence-corrected chi connectivity index (χ4v) is 3.00. The molecule has 3 rings (SSSR count). The molecule has 2 aromatic rings. The second kappa shape index (κ2) is 6.97. The van der Waals surface area contributed by atoms with Gasteiger partial charge < -0.3 is 15.6 Å². The Labute approximate surface area is 152 Å². The minimum atomic E-state index is -0.729. The maximum atomic E-state index is 14.4. The molecule has 0 unspecified atom stereocenters. The van der Waals surface area contributed by atoms with Gasteiger partial charge in [0.05, 0.1) is 18.1 Å². The fourth-order valence-electron chi connectivity index (χ4n) is 3.00. The maximum absolute atomic E-state index is 14.4. The molecule has 138 valence electrons. The van der Waals surface area contributed by atoms with Crippen molar-refractivity contribution in [3.63, 3.8) is 0 Å². The van der Waals surface area contributed by atoms with E-state index < -0.39 is 11.6 Å². The van der Waals surface area contributed by atoms with Gasteiger partial charge in [-0.05, 0) is 31.2 Å². The van der Waals surface area contributed by atoms with Crippen LogP contribution in [0.1, 0.15) is 37.8 Å². The zero-order valence-electron chi connectivity index (χ0n) is 15.2. The summed E-state index contributed by atoms with van der Waals surface area (Å²) in [5.41, 5.74) is 0.404. The number of benzene rings is 1. The highest BCUT2D eigenvalue weighted by Crippen LogP contribution is 2.32. The van der Waals surface area contributed by atoms with Crippen molar-refractivity contribution in [1.82, 2.24) is 9.97 Å². The average molecular weight is 359 g/mol. The molecule has 1 saturated heterocycles. The zero-order chi connectivity index (χ0) is 18.9. The molecule has 5 nitrogen and oxygen atoms in total. The molecule has 1 fully saturated rings. The summed E-state index contributed by atoms with van der Waals surface area (Å²) in [5, 5.41) is 10.2. The number of nitrogens with one attached hydrogen (secondary N) is 2. The van der Waals surface area contributed by atoms with E-state index in [-0.39, 0.29) is 16.8 Å². The summed E-state index contributed by atoms with van der Waals surface area (Å²) in [7, 11) is 0. The Morgan fingerprint density at radius 2 is 1.88 bits per heavy atom. The number of nitrogens with zero attached hydrogens (tertiary/aromatic N) is 3. The van der Waals surface area contributed by atoms with E-state index in [9.17, 15) is 8.78 Å². The smallest absolute Gasteiger partial charge is 0.153 e. The van der Waals surface area contributed by atoms with Gasteiger partial charge >= 0.3 is 0 Å². The molecule has 0 saturated carbocycles. The van der Waals surface area contributed by atoms with Crippen molar-refractivity contribution in [2.24, 2.45) is 5.41 Å². The lowest BCUT2D eigenvalue weighted by molar-refractivity contribution is 0.279. The first-order valence-corrected chi connectivity index (χ1v) is 8.64. The third kappa shape index (κ3) is 3.66. The summed E-state index contributed by atoms with van der Waals surface area (Å²) in [6.45, 7) is 7.75. The van der Waals surface area contributed by atoms with Crippen LogP contribution in [0.15, 0.2) is 18.5 Å². The Kier molecular flexibility index (Phi) is 4.89. The topological polar surface area (TPSA) is 64.9 Å². The van der Waals surface area contributed by atoms with E-state index in [2.05, 4.69) is 34.0 Å². The standard InChI is InChI=1S/C19H23F2N5/c1-12-14(20)8-13(9-22)18(17(12)21)25-15-10-24-16(11-23-15)26-6-4-19(2,3)5-7-26/h8-11,22H,4-7H2,1-3H3,(H,23,25). The van der Waals surface area contributed by atoms with E-state index in [4.69, 9.17) is 5.41 Å². The number of rotatable bonds is 4. The molecule has 1 aromatic carbocycles. The molecule has 1 aliphatic rings. The monoisotopic (exact) mass is 359 g/mol. The Morgan fingerprint density at radius 1 is 1.19 bits per heavy atom. The average Bonchev–Trinajstić information content (AvgIpc) is 2.62. The first-order valence-electron chi connectivity index (χ1n) is 8.64. The van der Waals surface area contributed by atoms with Crippen LogP contribution in [-0.2, 0) is 0 Å². The summed E-state index contributed by atoms with van der Waals surface area (Å²) in [4.78, 5) is 10.9. The predicted molar refractivity (Wildman–Crippen MR) is 99.5 cm³/mol. The van der Waals surface area contributed by atoms with Crippen LogP contribution in [0, 0.1) is 29.4 Å². The summed E-state index contributed by atoms with van der Waals surface area (Å²) >= 11 is 0. The fraction of sp³-hybridized carbons (Fsp3) is 0.421. The van der Waals surface area contributed by atoms with E-state index in [0.29, 0.717) is 11.2 Å². The van der Waals surface area contributed by atoms with Crippen molar-refractivity contribution in [1.29, 1.82) is 5.41 Å². The van der Waals surface area contributed by atoms with Gasteiger partial charge in [-0.15, -0.1) is 0 Å². The minimum absolute atomic E-state index is 0.0284. The molecule has 2 heterocycles. The van der Waals surface area contributed by atoms with Gasteiger partial charge in [-0.2, -0.15) is 0 Å². The van der Waals surface area contributed by atoms with Crippen molar-refractivity contribution in [2.45, 2.75) is 33.6 Å². The third-order valence-corrected chi connectivity index (χ3v) is 4.97. The number of hydrogen-bond acceptors (Lipinski definition) is 5. The highest BCUT2D eigenvalue weighted by Gasteiger charge is 2.26. The quantitative estimate of drug-likeness (QED) is 0.793. The SMILES string of the molecule is Cc1c(F)cc(C=N)c(Nc2cnc(N3CCC(C)(C)CC3)cn2)c1F. The Bertz CT molecular complexity index is 808. The molecule has 0 spiro atoms. The molecule has 0 atom stereocenters. The molecule has 26 heavy (non-hydrogen) atoms. The van der Waals surface area contributed by atoms with Gasteiger partial charge in [0, 0.05) is 30.4 Å². The molecule has 0 bridgehead atoms. The van der Waals surface area contributed by atoms with E-state index >= 15 is 0 Å². The van der Waals surface area contributed by atoms with E-state index in [1.807, 2.05) is 0 Å². The van der Waals surface area contributed by atoms with Crippen LogP contribution >= 0.6 is 0 Å². The lowest BCUT2D eigenvalue weighted by Gasteiger charge is -2.37. The molecule has 2 N–H and O–H groups in total. The van der Waals surface area contributed by atoms with Crippen LogP contribution < -0.4 is 10.2 Å². The zero-order valence-corrected chi connectivity index (χ0v) is 15.2. The van der Waals surface area contributed by atoms with Crippen LogP contribution in [0.4, 0.5) is 26.1 Å².